The van der Waals surface area contributed by atoms with Crippen molar-refractivity contribution in [2.24, 2.45) is 0 Å². The van der Waals surface area contributed by atoms with Crippen molar-refractivity contribution < 1.29 is 23.5 Å². The Labute approximate surface area is 178 Å². The summed E-state index contributed by atoms with van der Waals surface area (Å²) in [5.41, 5.74) is 3.57. The number of esters is 1. The minimum atomic E-state index is -0.710. The molecule has 0 atom stereocenters. The fraction of sp³-hybridized carbons (Fsp3) is 0.217. The van der Waals surface area contributed by atoms with Crippen LogP contribution in [0.25, 0.3) is 22.6 Å². The number of hydrogen-bond donors (Lipinski definition) is 2. The van der Waals surface area contributed by atoms with E-state index in [1.165, 1.54) is 7.05 Å². The lowest BCUT2D eigenvalue weighted by atomic mass is 9.86. The molecule has 0 unspecified atom stereocenters. The van der Waals surface area contributed by atoms with Crippen molar-refractivity contribution in [2.45, 2.75) is 19.3 Å². The maximum atomic E-state index is 13.0. The molecule has 8 heteroatoms. The SMILES string of the molecule is CNC(=O)NC(=O)COC(=O)c1c2c(nc3ccccc13)/C(=C\c1ccco1)CCC2. The maximum Gasteiger partial charge on any atom is 0.339 e. The summed E-state index contributed by atoms with van der Waals surface area (Å²) in [4.78, 5) is 41.0. The van der Waals surface area contributed by atoms with Gasteiger partial charge in [-0.05, 0) is 54.7 Å². The standard InChI is InChI=1S/C23H21N3O5/c1-24-23(29)26-19(27)13-31-22(28)20-16-8-2-3-10-18(16)25-21-14(6-4-9-17(20)21)12-15-7-5-11-30-15/h2-3,5,7-8,10-12H,4,6,9,13H2,1H3,(H2,24,26,27,29)/b14-12-. The highest BCUT2D eigenvalue weighted by Crippen LogP contribution is 2.36. The molecule has 0 radical (unpaired) electrons. The molecule has 0 bridgehead atoms. The lowest BCUT2D eigenvalue weighted by molar-refractivity contribution is -0.123. The maximum absolute atomic E-state index is 13.0. The third kappa shape index (κ3) is 4.32. The number of carbonyl (C=O) groups is 3. The molecule has 8 nitrogen and oxygen atoms in total. The summed E-state index contributed by atoms with van der Waals surface area (Å²) in [5, 5.41) is 5.00. The Morgan fingerprint density at radius 2 is 2.00 bits per heavy atom. The van der Waals surface area contributed by atoms with Crippen molar-refractivity contribution in [1.82, 2.24) is 15.6 Å². The van der Waals surface area contributed by atoms with Gasteiger partial charge in [0.05, 0.1) is 23.0 Å². The van der Waals surface area contributed by atoms with Gasteiger partial charge in [-0.2, -0.15) is 0 Å². The van der Waals surface area contributed by atoms with Gasteiger partial charge in [0.2, 0.25) is 0 Å². The number of benzene rings is 1. The highest BCUT2D eigenvalue weighted by molar-refractivity contribution is 6.07. The van der Waals surface area contributed by atoms with Crippen LogP contribution in [0.4, 0.5) is 4.79 Å². The molecule has 3 aromatic rings. The van der Waals surface area contributed by atoms with Gasteiger partial charge in [0.15, 0.2) is 6.61 Å². The number of para-hydroxylation sites is 1. The number of furan rings is 1. The van der Waals surface area contributed by atoms with Gasteiger partial charge >= 0.3 is 12.0 Å². The summed E-state index contributed by atoms with van der Waals surface area (Å²) in [5.74, 6) is -0.618. The van der Waals surface area contributed by atoms with Crippen molar-refractivity contribution in [3.05, 3.63) is 65.2 Å². The van der Waals surface area contributed by atoms with E-state index in [1.54, 1.807) is 6.26 Å². The number of nitrogens with zero attached hydrogens (tertiary/aromatic N) is 1. The van der Waals surface area contributed by atoms with Crippen LogP contribution in [0, 0.1) is 0 Å². The van der Waals surface area contributed by atoms with Crippen LogP contribution in [0.3, 0.4) is 0 Å². The Hall–Kier alpha value is -3.94. The van der Waals surface area contributed by atoms with Gasteiger partial charge in [-0.25, -0.2) is 14.6 Å². The zero-order chi connectivity index (χ0) is 21.8. The van der Waals surface area contributed by atoms with E-state index in [0.717, 1.165) is 29.7 Å². The van der Waals surface area contributed by atoms with Crippen molar-refractivity contribution in [3.8, 4) is 0 Å². The van der Waals surface area contributed by atoms with Crippen LogP contribution in [0.1, 0.15) is 40.2 Å². The molecule has 4 rings (SSSR count). The summed E-state index contributed by atoms with van der Waals surface area (Å²) in [7, 11) is 1.39. The number of hydrogen-bond acceptors (Lipinski definition) is 6. The zero-order valence-electron chi connectivity index (χ0n) is 16.9. The Kier molecular flexibility index (Phi) is 5.79. The first-order valence-corrected chi connectivity index (χ1v) is 9.91. The largest absolute Gasteiger partial charge is 0.465 e. The number of imide groups is 1. The van der Waals surface area contributed by atoms with Crippen LogP contribution in [0.2, 0.25) is 0 Å². The second-order valence-electron chi connectivity index (χ2n) is 7.07. The van der Waals surface area contributed by atoms with Crippen molar-refractivity contribution >= 4 is 40.5 Å². The van der Waals surface area contributed by atoms with E-state index in [9.17, 15) is 14.4 Å². The molecular formula is C23H21N3O5. The molecule has 1 aliphatic carbocycles. The Morgan fingerprint density at radius 3 is 2.77 bits per heavy atom. The number of urea groups is 1. The smallest absolute Gasteiger partial charge is 0.339 e. The molecule has 1 aromatic carbocycles. The fourth-order valence-corrected chi connectivity index (χ4v) is 3.68. The Bertz CT molecular complexity index is 1180. The topological polar surface area (TPSA) is 111 Å². The minimum Gasteiger partial charge on any atom is -0.465 e. The summed E-state index contributed by atoms with van der Waals surface area (Å²) in [6.07, 6.45) is 5.86. The first kappa shape index (κ1) is 20.3. The molecule has 0 saturated carbocycles. The van der Waals surface area contributed by atoms with E-state index in [0.29, 0.717) is 28.6 Å². The summed E-state index contributed by atoms with van der Waals surface area (Å²) in [6.45, 7) is -0.563. The van der Waals surface area contributed by atoms with Crippen LogP contribution in [-0.2, 0) is 16.0 Å². The molecule has 31 heavy (non-hydrogen) atoms. The second-order valence-corrected chi connectivity index (χ2v) is 7.07. The number of carbonyl (C=O) groups excluding carboxylic acids is 3. The monoisotopic (exact) mass is 419 g/mol. The van der Waals surface area contributed by atoms with E-state index in [-0.39, 0.29) is 0 Å². The highest BCUT2D eigenvalue weighted by Gasteiger charge is 2.26. The van der Waals surface area contributed by atoms with E-state index < -0.39 is 24.5 Å². The van der Waals surface area contributed by atoms with Crippen LogP contribution in [0.15, 0.2) is 47.1 Å². The van der Waals surface area contributed by atoms with E-state index in [4.69, 9.17) is 14.1 Å². The number of pyridine rings is 1. The van der Waals surface area contributed by atoms with Gasteiger partial charge in [-0.15, -0.1) is 0 Å². The predicted molar refractivity (Wildman–Crippen MR) is 114 cm³/mol. The minimum absolute atomic E-state index is 0.401. The Balaban J connectivity index is 1.72. The summed E-state index contributed by atoms with van der Waals surface area (Å²) >= 11 is 0. The van der Waals surface area contributed by atoms with Gasteiger partial charge in [-0.1, -0.05) is 18.2 Å². The first-order valence-electron chi connectivity index (χ1n) is 9.91. The average molecular weight is 419 g/mol. The molecule has 0 saturated heterocycles. The fourth-order valence-electron chi connectivity index (χ4n) is 3.68. The molecule has 0 spiro atoms. The van der Waals surface area contributed by atoms with Crippen molar-refractivity contribution in [3.63, 3.8) is 0 Å². The van der Waals surface area contributed by atoms with Crippen LogP contribution >= 0.6 is 0 Å². The third-order valence-electron chi connectivity index (χ3n) is 5.05. The quantitative estimate of drug-likeness (QED) is 0.628. The van der Waals surface area contributed by atoms with Gasteiger partial charge in [0.25, 0.3) is 5.91 Å². The Morgan fingerprint density at radius 1 is 1.16 bits per heavy atom. The molecule has 0 aliphatic heterocycles. The summed E-state index contributed by atoms with van der Waals surface area (Å²) in [6, 6.07) is 10.3. The molecule has 2 aromatic heterocycles. The third-order valence-corrected chi connectivity index (χ3v) is 5.05. The van der Waals surface area contributed by atoms with Gasteiger partial charge in [0, 0.05) is 12.4 Å². The van der Waals surface area contributed by atoms with Crippen LogP contribution in [-0.4, -0.2) is 36.5 Å². The highest BCUT2D eigenvalue weighted by atomic mass is 16.5. The normalized spacial score (nSPS) is 14.2. The van der Waals surface area contributed by atoms with E-state index in [2.05, 4.69) is 10.6 Å². The number of ether oxygens (including phenoxy) is 1. The molecule has 3 amide bonds. The molecule has 2 heterocycles. The zero-order valence-corrected chi connectivity index (χ0v) is 16.9. The lowest BCUT2D eigenvalue weighted by Gasteiger charge is -2.22. The number of allylic oxidation sites excluding steroid dienone is 1. The second kappa shape index (κ2) is 8.83. The van der Waals surface area contributed by atoms with Gasteiger partial charge in [0.1, 0.15) is 5.76 Å². The van der Waals surface area contributed by atoms with Crippen molar-refractivity contribution in [2.75, 3.05) is 13.7 Å². The van der Waals surface area contributed by atoms with E-state index >= 15 is 0 Å². The number of fused-ring (bicyclic) bond motifs is 2. The molecule has 0 fully saturated rings. The average Bonchev–Trinajstić information content (AvgIpc) is 3.29. The van der Waals surface area contributed by atoms with Crippen LogP contribution in [0.5, 0.6) is 0 Å². The number of rotatable bonds is 4. The molecule has 158 valence electrons. The van der Waals surface area contributed by atoms with Crippen LogP contribution < -0.4 is 10.6 Å². The molecule has 1 aliphatic rings. The van der Waals surface area contributed by atoms with Crippen molar-refractivity contribution in [1.29, 1.82) is 0 Å². The van der Waals surface area contributed by atoms with Gasteiger partial charge < -0.3 is 14.5 Å². The number of aromatic nitrogens is 1. The molecular weight excluding hydrogens is 398 g/mol. The number of amides is 3. The van der Waals surface area contributed by atoms with Gasteiger partial charge in [-0.3, -0.25) is 10.1 Å². The predicted octanol–water partition coefficient (Wildman–Crippen LogP) is 3.32. The number of nitrogens with one attached hydrogen (secondary N) is 2. The summed E-state index contributed by atoms with van der Waals surface area (Å²) < 4.78 is 10.7. The van der Waals surface area contributed by atoms with E-state index in [1.807, 2.05) is 42.5 Å². The molecule has 2 N–H and O–H groups in total. The first-order chi connectivity index (χ1) is 15.1. The lowest BCUT2D eigenvalue weighted by Crippen LogP contribution is -2.39.